The molecule has 3 heteroatoms. The number of benzene rings is 5. The Kier molecular flexibility index (Phi) is 10.1. The molecule has 0 unspecified atom stereocenters. The van der Waals surface area contributed by atoms with Gasteiger partial charge < -0.3 is 9.32 Å². The first-order valence-corrected chi connectivity index (χ1v) is 22.9. The van der Waals surface area contributed by atoms with Crippen molar-refractivity contribution in [3.8, 4) is 0 Å². The summed E-state index contributed by atoms with van der Waals surface area (Å²) in [7, 11) is 0. The van der Waals surface area contributed by atoms with Gasteiger partial charge in [0.2, 0.25) is 5.88 Å². The molecule has 0 radical (unpaired) electrons. The highest BCUT2D eigenvalue weighted by molar-refractivity contribution is 5.88. The maximum atomic E-state index is 6.85. The minimum Gasteiger partial charge on any atom is -0.440 e. The zero-order valence-corrected chi connectivity index (χ0v) is 40.4. The molecule has 2 aliphatic rings. The molecule has 1 aromatic heterocycles. The fourth-order valence-corrected chi connectivity index (χ4v) is 10.2. The van der Waals surface area contributed by atoms with Gasteiger partial charge in [0.15, 0.2) is 0 Å². The number of nitrogens with zero attached hydrogens (tertiary/aromatic N) is 2. The van der Waals surface area contributed by atoms with E-state index in [-0.39, 0.29) is 32.5 Å². The molecule has 61 heavy (non-hydrogen) atoms. The van der Waals surface area contributed by atoms with Crippen LogP contribution in [0.1, 0.15) is 167 Å². The van der Waals surface area contributed by atoms with Crippen molar-refractivity contribution in [2.24, 2.45) is 0 Å². The van der Waals surface area contributed by atoms with Gasteiger partial charge in [-0.25, -0.2) is 0 Å². The molecule has 2 aliphatic carbocycles. The molecule has 3 nitrogen and oxygen atoms in total. The second-order valence-electron chi connectivity index (χ2n) is 23.5. The molecule has 0 aliphatic heterocycles. The van der Waals surface area contributed by atoms with E-state index in [2.05, 4.69) is 218 Å². The van der Waals surface area contributed by atoms with Crippen molar-refractivity contribution in [2.75, 3.05) is 9.80 Å². The molecule has 0 atom stereocenters. The van der Waals surface area contributed by atoms with Crippen molar-refractivity contribution in [1.29, 1.82) is 0 Å². The Bertz CT molecular complexity index is 2630. The number of aryl methyl sites for hydroxylation is 2. The maximum absolute atomic E-state index is 6.85. The van der Waals surface area contributed by atoms with E-state index in [1.807, 2.05) is 0 Å². The van der Waals surface area contributed by atoms with Gasteiger partial charge in [-0.05, 0) is 177 Å². The van der Waals surface area contributed by atoms with Crippen LogP contribution in [0.3, 0.4) is 0 Å². The Labute approximate surface area is 368 Å². The number of rotatable bonds is 6. The summed E-state index contributed by atoms with van der Waals surface area (Å²) in [5.74, 6) is 0.805. The van der Waals surface area contributed by atoms with Crippen LogP contribution in [-0.4, -0.2) is 0 Å². The van der Waals surface area contributed by atoms with Crippen LogP contribution in [0.2, 0.25) is 0 Å². The standard InChI is InChI=1S/C58H72N2O/c1-37-29-44(34-45(30-37)60(42-20-17-40(18-21-42)53(3,4)5)52-33-39-32-41(54(6,7)8)19-24-51(39)61-52)59(43-22-23-46-48(35-43)57(13,14)26-25-55(46,9)10)50-36-49-47(31-38(50)2)56(11,12)27-28-58(49,15)16/h17-24,29-36H,25-28H2,1-16H3. The second kappa shape index (κ2) is 14.4. The quantitative estimate of drug-likeness (QED) is 0.167. The molecule has 0 saturated heterocycles. The first kappa shape index (κ1) is 42.9. The van der Waals surface area contributed by atoms with Crippen LogP contribution >= 0.6 is 0 Å². The van der Waals surface area contributed by atoms with E-state index in [9.17, 15) is 0 Å². The molecule has 1 heterocycles. The van der Waals surface area contributed by atoms with Crippen LogP contribution in [0.5, 0.6) is 0 Å². The molecule has 0 fully saturated rings. The zero-order valence-electron chi connectivity index (χ0n) is 40.4. The van der Waals surface area contributed by atoms with Crippen LogP contribution in [0.4, 0.5) is 34.3 Å². The van der Waals surface area contributed by atoms with Crippen LogP contribution in [0.25, 0.3) is 11.0 Å². The summed E-state index contributed by atoms with van der Waals surface area (Å²) in [5.41, 5.74) is 18.1. The summed E-state index contributed by atoms with van der Waals surface area (Å²) in [5, 5.41) is 1.11. The van der Waals surface area contributed by atoms with Gasteiger partial charge >= 0.3 is 0 Å². The number of fused-ring (bicyclic) bond motifs is 3. The van der Waals surface area contributed by atoms with Crippen molar-refractivity contribution in [2.45, 2.75) is 169 Å². The molecule has 0 amide bonds. The van der Waals surface area contributed by atoms with Crippen molar-refractivity contribution in [3.63, 3.8) is 0 Å². The van der Waals surface area contributed by atoms with Gasteiger partial charge in [-0.15, -0.1) is 0 Å². The molecule has 320 valence electrons. The lowest BCUT2D eigenvalue weighted by Gasteiger charge is -2.44. The zero-order chi connectivity index (χ0) is 44.2. The minimum absolute atomic E-state index is 0.0322. The summed E-state index contributed by atoms with van der Waals surface area (Å²) in [6.07, 6.45) is 4.73. The normalized spacial score (nSPS) is 17.8. The Morgan fingerprint density at radius 1 is 0.443 bits per heavy atom. The Balaban J connectivity index is 1.38. The van der Waals surface area contributed by atoms with E-state index in [1.54, 1.807) is 0 Å². The van der Waals surface area contributed by atoms with E-state index in [0.717, 1.165) is 33.9 Å². The summed E-state index contributed by atoms with van der Waals surface area (Å²) >= 11 is 0. The van der Waals surface area contributed by atoms with Crippen LogP contribution in [0.15, 0.2) is 101 Å². The highest BCUT2D eigenvalue weighted by atomic mass is 16.4. The van der Waals surface area contributed by atoms with Crippen LogP contribution < -0.4 is 9.80 Å². The maximum Gasteiger partial charge on any atom is 0.205 e. The Hall–Kier alpha value is -4.76. The molecule has 0 bridgehead atoms. The fraction of sp³-hybridized carbons (Fsp3) is 0.448. The summed E-state index contributed by atoms with van der Waals surface area (Å²) in [6.45, 7) is 37.7. The topological polar surface area (TPSA) is 19.6 Å². The predicted octanol–water partition coefficient (Wildman–Crippen LogP) is 17.3. The summed E-state index contributed by atoms with van der Waals surface area (Å²) in [4.78, 5) is 4.89. The molecule has 0 saturated carbocycles. The van der Waals surface area contributed by atoms with Gasteiger partial charge in [-0.1, -0.05) is 127 Å². The second-order valence-corrected chi connectivity index (χ2v) is 23.5. The molecule has 8 rings (SSSR count). The van der Waals surface area contributed by atoms with Gasteiger partial charge in [-0.3, -0.25) is 4.90 Å². The third-order valence-corrected chi connectivity index (χ3v) is 14.6. The third-order valence-electron chi connectivity index (χ3n) is 14.6. The SMILES string of the molecule is Cc1cc(N(c2ccc(C(C)(C)C)cc2)c2cc3cc(C(C)(C)C)ccc3o2)cc(N(c2ccc3c(c2)C(C)(C)CCC3(C)C)c2cc3c(cc2C)C(C)(C)CCC3(C)C)c1. The van der Waals surface area contributed by atoms with E-state index in [1.165, 1.54) is 81.6 Å². The van der Waals surface area contributed by atoms with Gasteiger partial charge in [0, 0.05) is 34.2 Å². The highest BCUT2D eigenvalue weighted by Gasteiger charge is 2.40. The van der Waals surface area contributed by atoms with Crippen molar-refractivity contribution in [1.82, 2.24) is 0 Å². The molecular weight excluding hydrogens is 741 g/mol. The largest absolute Gasteiger partial charge is 0.440 e. The van der Waals surface area contributed by atoms with Gasteiger partial charge in [-0.2, -0.15) is 0 Å². The average Bonchev–Trinajstić information content (AvgIpc) is 3.58. The van der Waals surface area contributed by atoms with Gasteiger partial charge in [0.25, 0.3) is 0 Å². The summed E-state index contributed by atoms with van der Waals surface area (Å²) in [6, 6.07) is 37.5. The van der Waals surface area contributed by atoms with E-state index in [4.69, 9.17) is 4.42 Å². The smallest absolute Gasteiger partial charge is 0.205 e. The minimum atomic E-state index is 0.0322. The molecule has 5 aromatic carbocycles. The van der Waals surface area contributed by atoms with E-state index in [0.29, 0.717) is 0 Å². The number of hydrogen-bond acceptors (Lipinski definition) is 3. The predicted molar refractivity (Wildman–Crippen MR) is 263 cm³/mol. The lowest BCUT2D eigenvalue weighted by Crippen LogP contribution is -2.34. The average molecular weight is 813 g/mol. The van der Waals surface area contributed by atoms with Crippen LogP contribution in [0, 0.1) is 13.8 Å². The number of hydrogen-bond donors (Lipinski definition) is 0. The Morgan fingerprint density at radius 2 is 0.934 bits per heavy atom. The lowest BCUT2D eigenvalue weighted by atomic mass is 9.62. The summed E-state index contributed by atoms with van der Waals surface area (Å²) < 4.78 is 6.85. The molecule has 6 aromatic rings. The third kappa shape index (κ3) is 7.85. The molecule has 0 spiro atoms. The first-order chi connectivity index (χ1) is 28.2. The highest BCUT2D eigenvalue weighted by Crippen LogP contribution is 2.52. The van der Waals surface area contributed by atoms with Crippen molar-refractivity contribution < 1.29 is 4.42 Å². The number of furan rings is 1. The van der Waals surface area contributed by atoms with E-state index >= 15 is 0 Å². The lowest BCUT2D eigenvalue weighted by molar-refractivity contribution is 0.331. The van der Waals surface area contributed by atoms with Gasteiger partial charge in [0.1, 0.15) is 5.58 Å². The number of anilines is 6. The first-order valence-electron chi connectivity index (χ1n) is 22.9. The molecule has 0 N–H and O–H groups in total. The van der Waals surface area contributed by atoms with Crippen molar-refractivity contribution >= 4 is 45.3 Å². The Morgan fingerprint density at radius 3 is 1.51 bits per heavy atom. The van der Waals surface area contributed by atoms with Crippen molar-refractivity contribution in [3.05, 3.63) is 142 Å². The molecular formula is C58H72N2O. The van der Waals surface area contributed by atoms with Gasteiger partial charge in [0.05, 0.1) is 5.69 Å². The fourth-order valence-electron chi connectivity index (χ4n) is 10.2. The van der Waals surface area contributed by atoms with Crippen LogP contribution in [-0.2, 0) is 32.5 Å². The van der Waals surface area contributed by atoms with E-state index < -0.39 is 0 Å². The monoisotopic (exact) mass is 813 g/mol.